The van der Waals surface area contributed by atoms with Gasteiger partial charge in [0.25, 0.3) is 0 Å². The maximum Gasteiger partial charge on any atom is 0.411 e. The molecule has 2 aromatic carbocycles. The van der Waals surface area contributed by atoms with Crippen LogP contribution in [-0.2, 0) is 0 Å². The molecule has 1 amide bonds. The first-order chi connectivity index (χ1) is 10.7. The molecule has 1 aromatic heterocycles. The second kappa shape index (κ2) is 5.57. The fraction of sp³-hybridized carbons (Fsp3) is 0. The fourth-order valence-corrected chi connectivity index (χ4v) is 2.20. The van der Waals surface area contributed by atoms with E-state index in [-0.39, 0.29) is 5.95 Å². The van der Waals surface area contributed by atoms with Crippen molar-refractivity contribution in [2.45, 2.75) is 0 Å². The van der Waals surface area contributed by atoms with Crippen LogP contribution in [-0.4, -0.2) is 32.1 Å². The molecule has 22 heavy (non-hydrogen) atoms. The Hall–Kier alpha value is -3.35. The number of fused-ring (bicyclic) bond motifs is 1. The molecule has 110 valence electrons. The van der Waals surface area contributed by atoms with E-state index in [4.69, 9.17) is 5.11 Å². The summed E-state index contributed by atoms with van der Waals surface area (Å²) in [5, 5.41) is 23.5. The molecule has 0 bridgehead atoms. The van der Waals surface area contributed by atoms with E-state index in [9.17, 15) is 10.0 Å². The molecule has 0 saturated carbocycles. The summed E-state index contributed by atoms with van der Waals surface area (Å²) >= 11 is 0. The zero-order chi connectivity index (χ0) is 15.5. The smallest absolute Gasteiger partial charge is 0.411 e. The van der Waals surface area contributed by atoms with Crippen LogP contribution < -0.4 is 5.32 Å². The van der Waals surface area contributed by atoms with Crippen LogP contribution in [0.5, 0.6) is 0 Å². The summed E-state index contributed by atoms with van der Waals surface area (Å²) in [5.41, 5.74) is 3.13. The Kier molecular flexibility index (Phi) is 3.45. The molecule has 0 saturated heterocycles. The summed E-state index contributed by atoms with van der Waals surface area (Å²) in [6, 6.07) is 14.5. The van der Waals surface area contributed by atoms with Gasteiger partial charge in [-0.3, -0.25) is 5.32 Å². The molecular formula is C15H12N4O3. The number of anilines is 1. The Morgan fingerprint density at radius 2 is 1.91 bits per heavy atom. The first-order valence-electron chi connectivity index (χ1n) is 6.45. The van der Waals surface area contributed by atoms with Crippen molar-refractivity contribution >= 4 is 28.8 Å². The normalized spacial score (nSPS) is 11.5. The van der Waals surface area contributed by atoms with Gasteiger partial charge in [0.15, 0.2) is 0 Å². The second-order valence-corrected chi connectivity index (χ2v) is 4.56. The number of imidazole rings is 1. The molecule has 0 radical (unpaired) electrons. The van der Waals surface area contributed by atoms with Crippen LogP contribution in [0.3, 0.4) is 0 Å². The largest absolute Gasteiger partial charge is 0.465 e. The third kappa shape index (κ3) is 2.59. The minimum atomic E-state index is -1.19. The zero-order valence-corrected chi connectivity index (χ0v) is 11.3. The predicted molar refractivity (Wildman–Crippen MR) is 81.6 cm³/mol. The number of rotatable bonds is 3. The van der Waals surface area contributed by atoms with Gasteiger partial charge in [-0.15, -0.1) is 0 Å². The van der Waals surface area contributed by atoms with E-state index in [0.717, 1.165) is 5.56 Å². The van der Waals surface area contributed by atoms with Crippen molar-refractivity contribution in [1.29, 1.82) is 0 Å². The highest BCUT2D eigenvalue weighted by Gasteiger charge is 2.11. The maximum absolute atomic E-state index is 10.6. The molecule has 4 N–H and O–H groups in total. The number of aromatic nitrogens is 2. The molecule has 1 heterocycles. The van der Waals surface area contributed by atoms with Gasteiger partial charge < -0.3 is 15.3 Å². The third-order valence-corrected chi connectivity index (χ3v) is 3.13. The summed E-state index contributed by atoms with van der Waals surface area (Å²) in [5.74, 6) is 0.141. The van der Waals surface area contributed by atoms with E-state index in [0.29, 0.717) is 22.3 Å². The molecule has 0 aliphatic heterocycles. The van der Waals surface area contributed by atoms with Gasteiger partial charge in [-0.1, -0.05) is 41.6 Å². The molecule has 0 spiro atoms. The Bertz CT molecular complexity index is 856. The van der Waals surface area contributed by atoms with Crippen molar-refractivity contribution in [1.82, 2.24) is 9.97 Å². The quantitative estimate of drug-likeness (QED) is 0.338. The van der Waals surface area contributed by atoms with Crippen LogP contribution >= 0.6 is 0 Å². The van der Waals surface area contributed by atoms with Crippen LogP contribution in [0.15, 0.2) is 53.7 Å². The van der Waals surface area contributed by atoms with Crippen LogP contribution in [0.1, 0.15) is 11.1 Å². The number of nitrogens with one attached hydrogen (secondary N) is 2. The molecule has 0 aliphatic carbocycles. The van der Waals surface area contributed by atoms with E-state index < -0.39 is 6.09 Å². The van der Waals surface area contributed by atoms with E-state index in [1.807, 2.05) is 30.3 Å². The Balaban J connectivity index is 2.02. The van der Waals surface area contributed by atoms with Crippen molar-refractivity contribution in [3.05, 3.63) is 59.7 Å². The van der Waals surface area contributed by atoms with Gasteiger partial charge in [0, 0.05) is 11.1 Å². The summed E-state index contributed by atoms with van der Waals surface area (Å²) in [7, 11) is 0. The van der Waals surface area contributed by atoms with Gasteiger partial charge in [-0.25, -0.2) is 9.78 Å². The number of hydrogen-bond acceptors (Lipinski definition) is 4. The standard InChI is InChI=1S/C15H12N4O3/c20-15(21)18-14-16-11-7-6-10(8-12(11)17-14)13(19-22)9-4-2-1-3-5-9/h1-8,22H,(H,20,21)(H2,16,17,18). The third-order valence-electron chi connectivity index (χ3n) is 3.13. The number of oxime groups is 1. The highest BCUT2D eigenvalue weighted by Crippen LogP contribution is 2.19. The van der Waals surface area contributed by atoms with Crippen molar-refractivity contribution in [2.75, 3.05) is 5.32 Å². The lowest BCUT2D eigenvalue weighted by molar-refractivity contribution is 0.209. The van der Waals surface area contributed by atoms with Crippen molar-refractivity contribution in [3.8, 4) is 0 Å². The monoisotopic (exact) mass is 296 g/mol. The van der Waals surface area contributed by atoms with Gasteiger partial charge in [0.05, 0.1) is 11.0 Å². The van der Waals surface area contributed by atoms with Gasteiger partial charge in [0.1, 0.15) is 5.71 Å². The lowest BCUT2D eigenvalue weighted by Crippen LogP contribution is -2.08. The van der Waals surface area contributed by atoms with Gasteiger partial charge in [-0.2, -0.15) is 0 Å². The number of hydrogen-bond donors (Lipinski definition) is 4. The lowest BCUT2D eigenvalue weighted by atomic mass is 10.0. The first kappa shape index (κ1) is 13.6. The molecule has 0 aliphatic rings. The van der Waals surface area contributed by atoms with E-state index in [1.165, 1.54) is 0 Å². The zero-order valence-electron chi connectivity index (χ0n) is 11.3. The number of H-pyrrole nitrogens is 1. The molecule has 0 fully saturated rings. The topological polar surface area (TPSA) is 111 Å². The van der Waals surface area contributed by atoms with E-state index in [2.05, 4.69) is 20.4 Å². The van der Waals surface area contributed by atoms with E-state index in [1.54, 1.807) is 18.2 Å². The Morgan fingerprint density at radius 1 is 1.14 bits per heavy atom. The number of amides is 1. The molecule has 0 atom stereocenters. The molecule has 7 nitrogen and oxygen atoms in total. The Morgan fingerprint density at radius 3 is 2.59 bits per heavy atom. The molecule has 7 heteroatoms. The second-order valence-electron chi connectivity index (χ2n) is 4.56. The maximum atomic E-state index is 10.6. The number of benzene rings is 2. The fourth-order valence-electron chi connectivity index (χ4n) is 2.20. The summed E-state index contributed by atoms with van der Waals surface area (Å²) < 4.78 is 0. The first-order valence-corrected chi connectivity index (χ1v) is 6.45. The molecular weight excluding hydrogens is 284 g/mol. The van der Waals surface area contributed by atoms with Crippen molar-refractivity contribution < 1.29 is 15.1 Å². The number of carbonyl (C=O) groups is 1. The summed E-state index contributed by atoms with van der Waals surface area (Å²) in [6.07, 6.45) is -1.19. The van der Waals surface area contributed by atoms with Crippen LogP contribution in [0.2, 0.25) is 0 Å². The van der Waals surface area contributed by atoms with E-state index >= 15 is 0 Å². The van der Waals surface area contributed by atoms with Crippen molar-refractivity contribution in [2.24, 2.45) is 5.16 Å². The average Bonchev–Trinajstić information content (AvgIpc) is 2.89. The lowest BCUT2D eigenvalue weighted by Gasteiger charge is -2.04. The van der Waals surface area contributed by atoms with Crippen LogP contribution in [0.25, 0.3) is 11.0 Å². The molecule has 3 rings (SSSR count). The van der Waals surface area contributed by atoms with Gasteiger partial charge in [-0.05, 0) is 12.1 Å². The number of nitrogens with zero attached hydrogens (tertiary/aromatic N) is 2. The molecule has 3 aromatic rings. The van der Waals surface area contributed by atoms with Gasteiger partial charge in [0.2, 0.25) is 5.95 Å². The Labute approximate surface area is 124 Å². The van der Waals surface area contributed by atoms with Crippen molar-refractivity contribution in [3.63, 3.8) is 0 Å². The number of aromatic amines is 1. The minimum absolute atomic E-state index is 0.141. The minimum Gasteiger partial charge on any atom is -0.465 e. The van der Waals surface area contributed by atoms with Gasteiger partial charge >= 0.3 is 6.09 Å². The highest BCUT2D eigenvalue weighted by atomic mass is 16.4. The SMILES string of the molecule is O=C(O)Nc1nc2ccc(C(=NO)c3ccccc3)cc2[nH]1. The predicted octanol–water partition coefficient (Wildman–Crippen LogP) is 2.88. The average molecular weight is 296 g/mol. The van der Waals surface area contributed by atoms with Crippen LogP contribution in [0, 0.1) is 0 Å². The highest BCUT2D eigenvalue weighted by molar-refractivity contribution is 6.13. The summed E-state index contributed by atoms with van der Waals surface area (Å²) in [6.45, 7) is 0. The van der Waals surface area contributed by atoms with Crippen LogP contribution in [0.4, 0.5) is 10.7 Å². The number of carboxylic acid groups (broad SMARTS) is 1. The molecule has 0 unspecified atom stereocenters. The summed E-state index contributed by atoms with van der Waals surface area (Å²) in [4.78, 5) is 17.6.